The molecule has 5 atom stereocenters. The Bertz CT molecular complexity index is 981. The van der Waals surface area contributed by atoms with Crippen LogP contribution in [0.2, 0.25) is 0 Å². The molecule has 0 aromatic carbocycles. The third-order valence-electron chi connectivity index (χ3n) is 6.76. The molecule has 32 heavy (non-hydrogen) atoms. The molecule has 3 fully saturated rings. The van der Waals surface area contributed by atoms with Crippen molar-refractivity contribution in [2.75, 3.05) is 13.2 Å². The number of halogens is 1. The van der Waals surface area contributed by atoms with E-state index in [4.69, 9.17) is 16.3 Å². The van der Waals surface area contributed by atoms with Gasteiger partial charge in [-0.3, -0.25) is 14.6 Å². The van der Waals surface area contributed by atoms with Gasteiger partial charge in [0.25, 0.3) is 5.91 Å². The first-order valence-electron chi connectivity index (χ1n) is 11.1. The highest BCUT2D eigenvalue weighted by molar-refractivity contribution is 7.17. The summed E-state index contributed by atoms with van der Waals surface area (Å²) in [5, 5.41) is 13.1. The van der Waals surface area contributed by atoms with Gasteiger partial charge in [0.1, 0.15) is 12.1 Å². The predicted molar refractivity (Wildman–Crippen MR) is 122 cm³/mol. The van der Waals surface area contributed by atoms with Crippen molar-refractivity contribution in [2.24, 2.45) is 5.92 Å². The third kappa shape index (κ3) is 4.05. The van der Waals surface area contributed by atoms with E-state index >= 15 is 0 Å². The molecule has 2 aromatic rings. The summed E-state index contributed by atoms with van der Waals surface area (Å²) < 4.78 is 5.62. The number of thiophene rings is 1. The average molecular weight is 476 g/mol. The molecule has 4 heterocycles. The maximum Gasteiger partial charge on any atom is 0.262 e. The first kappa shape index (κ1) is 21.8. The molecule has 5 rings (SSSR count). The second kappa shape index (κ2) is 9.09. The Hall–Kier alpha value is -2.00. The standard InChI is InChI=1S/C23H26ClN3O4S/c24-15-11-27(20-16(28)12-31-21(15)20)23(30)19(13-4-1-2-5-13)26-22(29)18-8-7-17(32-18)14-6-3-9-25-10-14/h3,6-10,13,15-16,19-21,28H,1-2,4-5,11-12H2,(H,26,29)/t15-,16-,19-,20+,21+/m0/s1. The number of aliphatic hydroxyl groups is 1. The van der Waals surface area contributed by atoms with Crippen molar-refractivity contribution in [1.29, 1.82) is 0 Å². The lowest BCUT2D eigenvalue weighted by molar-refractivity contribution is -0.137. The number of nitrogens with one attached hydrogen (secondary N) is 1. The average Bonchev–Trinajstić information content (AvgIpc) is 3.59. The lowest BCUT2D eigenvalue weighted by Crippen LogP contribution is -2.55. The van der Waals surface area contributed by atoms with Crippen LogP contribution in [0.1, 0.15) is 35.4 Å². The number of pyridine rings is 1. The van der Waals surface area contributed by atoms with Gasteiger partial charge in [-0.25, -0.2) is 0 Å². The van der Waals surface area contributed by atoms with E-state index in [1.54, 1.807) is 23.4 Å². The van der Waals surface area contributed by atoms with Gasteiger partial charge in [0.2, 0.25) is 5.91 Å². The molecule has 2 saturated heterocycles. The van der Waals surface area contributed by atoms with Gasteiger partial charge in [-0.15, -0.1) is 22.9 Å². The van der Waals surface area contributed by atoms with Crippen LogP contribution in [-0.2, 0) is 9.53 Å². The van der Waals surface area contributed by atoms with E-state index in [9.17, 15) is 14.7 Å². The van der Waals surface area contributed by atoms with Crippen molar-refractivity contribution in [1.82, 2.24) is 15.2 Å². The molecule has 2 amide bonds. The predicted octanol–water partition coefficient (Wildman–Crippen LogP) is 2.68. The van der Waals surface area contributed by atoms with Crippen molar-refractivity contribution in [3.05, 3.63) is 41.5 Å². The van der Waals surface area contributed by atoms with Crippen molar-refractivity contribution < 1.29 is 19.4 Å². The molecule has 1 aliphatic carbocycles. The van der Waals surface area contributed by atoms with Crippen LogP contribution in [0.3, 0.4) is 0 Å². The molecule has 0 bridgehead atoms. The summed E-state index contributed by atoms with van der Waals surface area (Å²) >= 11 is 7.80. The van der Waals surface area contributed by atoms with Crippen molar-refractivity contribution in [3.8, 4) is 10.4 Å². The number of amides is 2. The molecule has 3 aliphatic rings. The van der Waals surface area contributed by atoms with Crippen LogP contribution in [0, 0.1) is 5.92 Å². The molecule has 7 nitrogen and oxygen atoms in total. The fourth-order valence-electron chi connectivity index (χ4n) is 5.17. The van der Waals surface area contributed by atoms with Gasteiger partial charge in [0.05, 0.1) is 29.0 Å². The van der Waals surface area contributed by atoms with Crippen LogP contribution in [-0.4, -0.2) is 69.6 Å². The number of ether oxygens (including phenoxy) is 1. The zero-order valence-electron chi connectivity index (χ0n) is 17.5. The first-order chi connectivity index (χ1) is 15.5. The number of hydrogen-bond acceptors (Lipinski definition) is 6. The molecule has 9 heteroatoms. The number of likely N-dealkylation sites (tertiary alicyclic amines) is 1. The summed E-state index contributed by atoms with van der Waals surface area (Å²) in [5.74, 6) is -0.342. The minimum Gasteiger partial charge on any atom is -0.388 e. The Kier molecular flexibility index (Phi) is 6.20. The van der Waals surface area contributed by atoms with Gasteiger partial charge < -0.3 is 20.1 Å². The highest BCUT2D eigenvalue weighted by Gasteiger charge is 2.53. The molecule has 2 aromatic heterocycles. The van der Waals surface area contributed by atoms with Gasteiger partial charge in [0, 0.05) is 29.4 Å². The Morgan fingerprint density at radius 1 is 1.28 bits per heavy atom. The van der Waals surface area contributed by atoms with E-state index in [1.807, 2.05) is 18.2 Å². The zero-order valence-corrected chi connectivity index (χ0v) is 19.1. The molecule has 1 saturated carbocycles. The monoisotopic (exact) mass is 475 g/mol. The van der Waals surface area contributed by atoms with E-state index in [1.165, 1.54) is 11.3 Å². The molecule has 0 spiro atoms. The summed E-state index contributed by atoms with van der Waals surface area (Å²) in [4.78, 5) is 34.1. The van der Waals surface area contributed by atoms with Crippen molar-refractivity contribution in [2.45, 2.75) is 55.4 Å². The molecule has 0 unspecified atom stereocenters. The largest absolute Gasteiger partial charge is 0.388 e. The highest BCUT2D eigenvalue weighted by atomic mass is 35.5. The third-order valence-corrected chi connectivity index (χ3v) is 8.28. The van der Waals surface area contributed by atoms with Crippen LogP contribution in [0.4, 0.5) is 0 Å². The van der Waals surface area contributed by atoms with Crippen LogP contribution < -0.4 is 5.32 Å². The second-order valence-corrected chi connectivity index (χ2v) is 10.4. The Morgan fingerprint density at radius 2 is 2.09 bits per heavy atom. The Labute approximate surface area is 195 Å². The van der Waals surface area contributed by atoms with E-state index in [0.717, 1.165) is 36.1 Å². The van der Waals surface area contributed by atoms with Crippen LogP contribution >= 0.6 is 22.9 Å². The maximum atomic E-state index is 13.6. The summed E-state index contributed by atoms with van der Waals surface area (Å²) in [5.41, 5.74) is 0.950. The van der Waals surface area contributed by atoms with Crippen LogP contribution in [0.25, 0.3) is 10.4 Å². The van der Waals surface area contributed by atoms with E-state index < -0.39 is 18.2 Å². The summed E-state index contributed by atoms with van der Waals surface area (Å²) in [6.07, 6.45) is 6.24. The molecule has 2 N–H and O–H groups in total. The molecular formula is C23H26ClN3O4S. The zero-order chi connectivity index (χ0) is 22.2. The quantitative estimate of drug-likeness (QED) is 0.649. The highest BCUT2D eigenvalue weighted by Crippen LogP contribution is 2.36. The van der Waals surface area contributed by atoms with E-state index in [0.29, 0.717) is 11.4 Å². The SMILES string of the molecule is O=C(N[C@H](C(=O)N1C[C@H](Cl)[C@H]2OC[C@H](O)[C@H]21)C1CCCC1)c1ccc(-c2cccnc2)s1. The molecule has 170 valence electrons. The van der Waals surface area contributed by atoms with Crippen LogP contribution in [0.5, 0.6) is 0 Å². The Balaban J connectivity index is 1.35. The number of fused-ring (bicyclic) bond motifs is 1. The summed E-state index contributed by atoms with van der Waals surface area (Å²) in [6, 6.07) is 6.41. The number of nitrogens with zero attached hydrogens (tertiary/aromatic N) is 2. The molecule has 0 radical (unpaired) electrons. The second-order valence-electron chi connectivity index (χ2n) is 8.76. The lowest BCUT2D eigenvalue weighted by atomic mass is 9.96. The number of carbonyl (C=O) groups excluding carboxylic acids is 2. The first-order valence-corrected chi connectivity index (χ1v) is 12.3. The van der Waals surface area contributed by atoms with Gasteiger partial charge in [-0.1, -0.05) is 18.9 Å². The normalized spacial score (nSPS) is 28.6. The fraction of sp³-hybridized carbons (Fsp3) is 0.522. The van der Waals surface area contributed by atoms with Gasteiger partial charge >= 0.3 is 0 Å². The number of aromatic nitrogens is 1. The van der Waals surface area contributed by atoms with Gasteiger partial charge in [-0.2, -0.15) is 0 Å². The van der Waals surface area contributed by atoms with Crippen LogP contribution in [0.15, 0.2) is 36.7 Å². The van der Waals surface area contributed by atoms with Crippen molar-refractivity contribution in [3.63, 3.8) is 0 Å². The summed E-state index contributed by atoms with van der Waals surface area (Å²) in [6.45, 7) is 0.491. The maximum absolute atomic E-state index is 13.6. The number of rotatable bonds is 5. The minimum absolute atomic E-state index is 0.0801. The minimum atomic E-state index is -0.757. The number of hydrogen-bond donors (Lipinski definition) is 2. The smallest absolute Gasteiger partial charge is 0.262 e. The number of carbonyl (C=O) groups is 2. The van der Waals surface area contributed by atoms with E-state index in [-0.39, 0.29) is 35.8 Å². The van der Waals surface area contributed by atoms with Gasteiger partial charge in [0.15, 0.2) is 0 Å². The fourth-order valence-corrected chi connectivity index (χ4v) is 6.44. The number of aliphatic hydroxyl groups excluding tert-OH is 1. The summed E-state index contributed by atoms with van der Waals surface area (Å²) in [7, 11) is 0. The lowest BCUT2D eigenvalue weighted by Gasteiger charge is -2.32. The van der Waals surface area contributed by atoms with Gasteiger partial charge in [-0.05, 0) is 37.0 Å². The topological polar surface area (TPSA) is 91.8 Å². The molecular weight excluding hydrogens is 450 g/mol. The Morgan fingerprint density at radius 3 is 2.84 bits per heavy atom. The van der Waals surface area contributed by atoms with E-state index in [2.05, 4.69) is 10.3 Å². The van der Waals surface area contributed by atoms with Crippen molar-refractivity contribution >= 4 is 34.8 Å². The molecule has 2 aliphatic heterocycles. The number of alkyl halides is 1.